The molecule has 0 N–H and O–H groups in total. The van der Waals surface area contributed by atoms with Crippen LogP contribution >= 0.6 is 68.5 Å². The number of halogens is 2. The lowest BCUT2D eigenvalue weighted by atomic mass is 9.65. The summed E-state index contributed by atoms with van der Waals surface area (Å²) in [5.41, 5.74) is 18.2. The number of hydrogen-bond acceptors (Lipinski definition) is 10. The van der Waals surface area contributed by atoms with E-state index in [1.54, 1.807) is 52.2 Å². The average molecular weight is 1550 g/mol. The molecule has 0 bridgehead atoms. The zero-order valence-corrected chi connectivity index (χ0v) is 67.9. The van der Waals surface area contributed by atoms with E-state index in [9.17, 15) is 30.6 Å². The highest BCUT2D eigenvalue weighted by Crippen LogP contribution is 2.68. The number of carbonyl (C=O) groups excluding carboxylic acids is 2. The second kappa shape index (κ2) is 33.3. The number of fused-ring (bicyclic) bond motifs is 12. The maximum absolute atomic E-state index is 14.8. The Morgan fingerprint density at radius 3 is 1.05 bits per heavy atom. The Kier molecular flexibility index (Phi) is 23.1. The van der Waals surface area contributed by atoms with Crippen molar-refractivity contribution in [2.45, 2.75) is 193 Å². The summed E-state index contributed by atoms with van der Waals surface area (Å²) in [4.78, 5) is 33.6. The van der Waals surface area contributed by atoms with Crippen LogP contribution in [-0.4, -0.2) is 11.6 Å². The molecule has 0 saturated carbocycles. The Morgan fingerprint density at radius 2 is 0.682 bits per heavy atom. The van der Waals surface area contributed by atoms with Crippen LogP contribution in [0.1, 0.15) is 264 Å². The maximum atomic E-state index is 14.8. The SMILES string of the molecule is CCCCCCCCc1ccc(C2(c3ccc(CCCCCCCC)cc3)c3cc4c(cc3-c3sc5cc(/C=C6\C(=O)c7ccccc7C6=C(C#N)C#N)sc5c32)C(c2ccc(CCCCCC)cc2)(c2ccc(CCCCCC)cc2)c2c-4sc3cc(/C=C4\C(=O)c5cc(Cl)c(Cl)cc5C4=C(C#N)C#N)sc23)cc1. The zero-order valence-electron chi connectivity index (χ0n) is 63.1. The molecule has 6 nitrogen and oxygen atoms in total. The molecular weight excluding hydrogens is 1460 g/mol. The minimum absolute atomic E-state index is 0.0854. The molecule has 0 saturated heterocycles. The third kappa shape index (κ3) is 13.8. The molecule has 0 unspecified atom stereocenters. The summed E-state index contributed by atoms with van der Waals surface area (Å²) >= 11 is 20.2. The van der Waals surface area contributed by atoms with Crippen LogP contribution in [0.4, 0.5) is 0 Å². The smallest absolute Gasteiger partial charge is 0.194 e. The highest BCUT2D eigenvalue weighted by molar-refractivity contribution is 7.31. The summed E-state index contributed by atoms with van der Waals surface area (Å²) in [5, 5.41) is 42.5. The van der Waals surface area contributed by atoms with Crippen LogP contribution in [0.25, 0.3) is 63.0 Å². The van der Waals surface area contributed by atoms with Crippen LogP contribution in [0.2, 0.25) is 10.0 Å². The predicted octanol–water partition coefficient (Wildman–Crippen LogP) is 28.5. The summed E-state index contributed by atoms with van der Waals surface area (Å²) < 4.78 is 4.40. The fourth-order valence-electron chi connectivity index (χ4n) is 17.9. The van der Waals surface area contributed by atoms with Crippen molar-refractivity contribution in [3.8, 4) is 45.2 Å². The number of ketones is 2. The largest absolute Gasteiger partial charge is 0.289 e. The number of thiophene rings is 4. The highest BCUT2D eigenvalue weighted by Gasteiger charge is 2.55. The molecule has 110 heavy (non-hydrogen) atoms. The van der Waals surface area contributed by atoms with Gasteiger partial charge in [0, 0.05) is 73.5 Å². The van der Waals surface area contributed by atoms with Gasteiger partial charge in [-0.2, -0.15) is 21.0 Å². The molecule has 11 aromatic rings. The molecule has 0 spiro atoms. The number of allylic oxidation sites excluding steroid dienone is 6. The third-order valence-corrected chi connectivity index (χ3v) is 28.9. The first-order valence-corrected chi connectivity index (χ1v) is 43.8. The topological polar surface area (TPSA) is 129 Å². The quantitative estimate of drug-likeness (QED) is 0.0250. The van der Waals surface area contributed by atoms with Crippen LogP contribution < -0.4 is 0 Å². The predicted molar refractivity (Wildman–Crippen MR) is 461 cm³/mol. The standard InChI is InChI=1S/C98H88Cl2N4O2S4/c1-5-9-13-17-19-23-29-63-37-45-69(46-38-63)98(70-47-39-64(40-48-70)30-24-20-18-14-10-6-2)82-54-78-81(53-77(82)93-89(98)95-85(109-93)51-71(107-95)49-79-87(65(57-101)58-102)73-31-25-26-32-74(73)91(79)105)97(67-41-33-61(34-42-67)27-21-15-11-7-3,68-43-35-62(36-44-68)28-22-16-12-8-4)90-94(78)110-86-52-72(108-96(86)90)50-80-88(66(59-103)60-104)75-55-83(99)84(100)56-76(75)92(80)106/h25-26,31-56H,5-24,27-30H2,1-4H3/b79-49-,80-50-. The van der Waals surface area contributed by atoms with Crippen molar-refractivity contribution in [3.05, 3.63) is 289 Å². The summed E-state index contributed by atoms with van der Waals surface area (Å²) in [6.45, 7) is 9.07. The third-order valence-electron chi connectivity index (χ3n) is 23.4. The van der Waals surface area contributed by atoms with Crippen molar-refractivity contribution in [2.24, 2.45) is 0 Å². The van der Waals surface area contributed by atoms with E-state index in [2.05, 4.69) is 173 Å². The Balaban J connectivity index is 0.998. The lowest BCUT2D eigenvalue weighted by molar-refractivity contribution is 0.103. The normalized spacial score (nSPS) is 14.7. The average Bonchev–Trinajstić information content (AvgIpc) is 1.49. The van der Waals surface area contributed by atoms with Crippen molar-refractivity contribution >= 4 is 122 Å². The van der Waals surface area contributed by atoms with Gasteiger partial charge in [0.15, 0.2) is 11.6 Å². The number of aryl methyl sites for hydroxylation is 4. The first-order valence-electron chi connectivity index (χ1n) is 39.8. The maximum Gasteiger partial charge on any atom is 0.194 e. The highest BCUT2D eigenvalue weighted by atomic mass is 35.5. The molecule has 0 amide bonds. The van der Waals surface area contributed by atoms with Crippen molar-refractivity contribution in [3.63, 3.8) is 0 Å². The number of unbranched alkanes of at least 4 members (excludes halogenated alkanes) is 16. The van der Waals surface area contributed by atoms with E-state index < -0.39 is 10.8 Å². The molecule has 0 atom stereocenters. The van der Waals surface area contributed by atoms with Gasteiger partial charge in [0.2, 0.25) is 0 Å². The van der Waals surface area contributed by atoms with E-state index in [1.165, 1.54) is 179 Å². The second-order valence-electron chi connectivity index (χ2n) is 30.3. The van der Waals surface area contributed by atoms with Crippen molar-refractivity contribution < 1.29 is 9.59 Å². The Hall–Kier alpha value is -9.30. The van der Waals surface area contributed by atoms with E-state index in [1.807, 2.05) is 41.7 Å². The Labute approximate surface area is 674 Å². The van der Waals surface area contributed by atoms with Gasteiger partial charge in [-0.05, 0) is 178 Å². The minimum atomic E-state index is -0.875. The number of carbonyl (C=O) groups is 2. The second-order valence-corrected chi connectivity index (χ2v) is 35.3. The summed E-state index contributed by atoms with van der Waals surface area (Å²) in [6, 6.07) is 66.9. The van der Waals surface area contributed by atoms with Crippen LogP contribution in [0.15, 0.2) is 180 Å². The molecule has 7 aromatic carbocycles. The fraction of sp³-hybridized carbons (Fsp3) is 0.306. The van der Waals surface area contributed by atoms with E-state index >= 15 is 0 Å². The van der Waals surface area contributed by atoms with E-state index in [0.717, 1.165) is 91.0 Å². The number of nitrogens with zero attached hydrogens (tertiary/aromatic N) is 4. The summed E-state index contributed by atoms with van der Waals surface area (Å²) in [5.74, 6) is -0.524. The Morgan fingerprint density at radius 1 is 0.364 bits per heavy atom. The number of rotatable bonds is 30. The van der Waals surface area contributed by atoms with Crippen molar-refractivity contribution in [1.29, 1.82) is 21.0 Å². The summed E-state index contributed by atoms with van der Waals surface area (Å²) in [7, 11) is 0. The minimum Gasteiger partial charge on any atom is -0.289 e. The molecule has 0 radical (unpaired) electrons. The molecule has 15 rings (SSSR count). The lowest BCUT2D eigenvalue weighted by Crippen LogP contribution is -2.30. The lowest BCUT2D eigenvalue weighted by Gasteiger charge is -2.36. The van der Waals surface area contributed by atoms with Gasteiger partial charge in [0.1, 0.15) is 35.4 Å². The van der Waals surface area contributed by atoms with E-state index in [4.69, 9.17) is 23.2 Å². The first kappa shape index (κ1) is 76.1. The van der Waals surface area contributed by atoms with Gasteiger partial charge < -0.3 is 0 Å². The molecule has 0 fully saturated rings. The van der Waals surface area contributed by atoms with Gasteiger partial charge >= 0.3 is 0 Å². The van der Waals surface area contributed by atoms with Crippen LogP contribution in [-0.2, 0) is 36.5 Å². The monoisotopic (exact) mass is 1550 g/mol. The van der Waals surface area contributed by atoms with Gasteiger partial charge in [-0.1, -0.05) is 275 Å². The van der Waals surface area contributed by atoms with E-state index in [0.29, 0.717) is 33.4 Å². The van der Waals surface area contributed by atoms with Gasteiger partial charge in [0.05, 0.1) is 30.3 Å². The molecule has 4 aliphatic carbocycles. The fourth-order valence-corrected chi connectivity index (χ4v) is 23.6. The number of Topliss-reactive ketones (excluding diaryl/α,β-unsaturated/α-hetero) is 2. The molecule has 0 aliphatic heterocycles. The number of nitriles is 4. The zero-order chi connectivity index (χ0) is 76.2. The molecular formula is C98H88Cl2N4O2S4. The summed E-state index contributed by atoms with van der Waals surface area (Å²) in [6.07, 6.45) is 31.7. The van der Waals surface area contributed by atoms with Crippen molar-refractivity contribution in [1.82, 2.24) is 0 Å². The van der Waals surface area contributed by atoms with Crippen LogP contribution in [0, 0.1) is 45.3 Å². The molecule has 4 aliphatic rings. The molecule has 550 valence electrons. The van der Waals surface area contributed by atoms with Gasteiger partial charge in [-0.3, -0.25) is 9.59 Å². The van der Waals surface area contributed by atoms with Crippen molar-refractivity contribution in [2.75, 3.05) is 0 Å². The Bertz CT molecular complexity index is 5570. The van der Waals surface area contributed by atoms with Crippen LogP contribution in [0.5, 0.6) is 0 Å². The van der Waals surface area contributed by atoms with Gasteiger partial charge in [-0.15, -0.1) is 45.3 Å². The van der Waals surface area contributed by atoms with Gasteiger partial charge in [0.25, 0.3) is 0 Å². The molecule has 12 heteroatoms. The number of benzene rings is 7. The molecule has 4 heterocycles. The van der Waals surface area contributed by atoms with E-state index in [-0.39, 0.29) is 43.9 Å². The van der Waals surface area contributed by atoms with Gasteiger partial charge in [-0.25, -0.2) is 0 Å². The first-order chi connectivity index (χ1) is 53.9. The van der Waals surface area contributed by atoms with Crippen LogP contribution in [0.3, 0.4) is 0 Å². The molecule has 4 aromatic heterocycles. The number of hydrogen-bond donors (Lipinski definition) is 0.